The molecule has 1 unspecified atom stereocenters. The van der Waals surface area contributed by atoms with Crippen LogP contribution in [0.1, 0.15) is 17.3 Å². The van der Waals surface area contributed by atoms with Crippen LogP contribution in [0.15, 0.2) is 18.2 Å². The number of hydrogen-bond acceptors (Lipinski definition) is 2. The maximum atomic E-state index is 12.9. The van der Waals surface area contributed by atoms with E-state index in [1.165, 1.54) is 12.1 Å². The highest BCUT2D eigenvalue weighted by atomic mass is 35.5. The molecule has 1 aliphatic heterocycles. The van der Waals surface area contributed by atoms with Crippen molar-refractivity contribution in [3.05, 3.63) is 34.6 Å². The first-order valence-electron chi connectivity index (χ1n) is 5.44. The molecule has 2 rings (SSSR count). The Hall–Kier alpha value is -1.13. The van der Waals surface area contributed by atoms with Gasteiger partial charge in [-0.15, -0.1) is 0 Å². The van der Waals surface area contributed by atoms with Crippen LogP contribution in [0.3, 0.4) is 0 Å². The van der Waals surface area contributed by atoms with Gasteiger partial charge in [-0.2, -0.15) is 0 Å². The van der Waals surface area contributed by atoms with Gasteiger partial charge in [-0.05, 0) is 25.1 Å². The minimum atomic E-state index is -0.443. The van der Waals surface area contributed by atoms with Crippen LogP contribution >= 0.6 is 11.6 Å². The molecule has 1 fully saturated rings. The van der Waals surface area contributed by atoms with Crippen LogP contribution in [0.25, 0.3) is 0 Å². The second-order valence-electron chi connectivity index (χ2n) is 4.06. The molecule has 0 aliphatic carbocycles. The van der Waals surface area contributed by atoms with E-state index in [0.717, 1.165) is 6.07 Å². The highest BCUT2D eigenvalue weighted by Gasteiger charge is 2.23. The molecule has 5 heteroatoms. The van der Waals surface area contributed by atoms with Gasteiger partial charge in [-0.25, -0.2) is 4.39 Å². The number of amides is 1. The summed E-state index contributed by atoms with van der Waals surface area (Å²) in [6.45, 7) is 3.50. The maximum absolute atomic E-state index is 12.9. The zero-order valence-corrected chi connectivity index (χ0v) is 10.2. The van der Waals surface area contributed by atoms with Crippen molar-refractivity contribution in [2.75, 3.05) is 19.7 Å². The Bertz CT molecular complexity index is 439. The topological polar surface area (TPSA) is 29.5 Å². The number of morpholine rings is 1. The second-order valence-corrected chi connectivity index (χ2v) is 4.46. The van der Waals surface area contributed by atoms with Crippen LogP contribution in [0.5, 0.6) is 0 Å². The van der Waals surface area contributed by atoms with Crippen LogP contribution in [-0.2, 0) is 4.74 Å². The normalized spacial score (nSPS) is 20.4. The highest BCUT2D eigenvalue weighted by Crippen LogP contribution is 2.20. The molecule has 1 amide bonds. The van der Waals surface area contributed by atoms with Crippen molar-refractivity contribution in [3.8, 4) is 0 Å². The fourth-order valence-corrected chi connectivity index (χ4v) is 2.08. The Balaban J connectivity index is 2.18. The van der Waals surface area contributed by atoms with Crippen molar-refractivity contribution in [2.45, 2.75) is 13.0 Å². The first kappa shape index (κ1) is 12.3. The highest BCUT2D eigenvalue weighted by molar-refractivity contribution is 6.33. The van der Waals surface area contributed by atoms with Gasteiger partial charge in [0.2, 0.25) is 0 Å². The van der Waals surface area contributed by atoms with Crippen molar-refractivity contribution < 1.29 is 13.9 Å². The maximum Gasteiger partial charge on any atom is 0.255 e. The fourth-order valence-electron chi connectivity index (χ4n) is 1.84. The molecule has 17 heavy (non-hydrogen) atoms. The predicted molar refractivity (Wildman–Crippen MR) is 62.7 cm³/mol. The van der Waals surface area contributed by atoms with Gasteiger partial charge in [0.05, 0.1) is 23.3 Å². The fraction of sp³-hybridized carbons (Fsp3) is 0.417. The van der Waals surface area contributed by atoms with Crippen LogP contribution in [0.4, 0.5) is 4.39 Å². The van der Waals surface area contributed by atoms with Crippen molar-refractivity contribution in [1.82, 2.24) is 4.90 Å². The van der Waals surface area contributed by atoms with Crippen LogP contribution in [0, 0.1) is 5.82 Å². The van der Waals surface area contributed by atoms with Gasteiger partial charge < -0.3 is 9.64 Å². The van der Waals surface area contributed by atoms with E-state index in [2.05, 4.69) is 0 Å². The van der Waals surface area contributed by atoms with Gasteiger partial charge in [0.1, 0.15) is 5.82 Å². The smallest absolute Gasteiger partial charge is 0.255 e. The molecule has 0 saturated carbocycles. The number of benzene rings is 1. The van der Waals surface area contributed by atoms with Crippen molar-refractivity contribution >= 4 is 17.5 Å². The van der Waals surface area contributed by atoms with E-state index < -0.39 is 5.82 Å². The molecular formula is C12H13ClFNO2. The Morgan fingerprint density at radius 2 is 2.35 bits per heavy atom. The summed E-state index contributed by atoms with van der Waals surface area (Å²) in [5, 5.41) is 0.147. The monoisotopic (exact) mass is 257 g/mol. The van der Waals surface area contributed by atoms with Crippen LogP contribution in [-0.4, -0.2) is 36.6 Å². The van der Waals surface area contributed by atoms with Gasteiger partial charge in [0, 0.05) is 13.1 Å². The van der Waals surface area contributed by atoms with E-state index >= 15 is 0 Å². The molecule has 1 aromatic carbocycles. The van der Waals surface area contributed by atoms with Crippen molar-refractivity contribution in [1.29, 1.82) is 0 Å². The molecule has 0 aromatic heterocycles. The molecule has 1 atom stereocenters. The molecule has 3 nitrogen and oxygen atoms in total. The third kappa shape index (κ3) is 2.76. The lowest BCUT2D eigenvalue weighted by atomic mass is 10.1. The second kappa shape index (κ2) is 5.02. The summed E-state index contributed by atoms with van der Waals surface area (Å²) in [6, 6.07) is 3.81. The Kier molecular flexibility index (Phi) is 3.64. The standard InChI is InChI=1S/C12H13ClFNO2/c1-8-7-15(4-5-17-8)12(16)10-3-2-9(14)6-11(10)13/h2-3,6,8H,4-5,7H2,1H3. The van der Waals surface area contributed by atoms with Gasteiger partial charge in [-0.3, -0.25) is 4.79 Å². The summed E-state index contributed by atoms with van der Waals surface area (Å²) >= 11 is 5.86. The summed E-state index contributed by atoms with van der Waals surface area (Å²) in [5.74, 6) is -0.618. The lowest BCUT2D eigenvalue weighted by molar-refractivity contribution is -0.0124. The summed E-state index contributed by atoms with van der Waals surface area (Å²) in [6.07, 6.45) is 0.0203. The van der Waals surface area contributed by atoms with E-state index in [0.29, 0.717) is 25.3 Å². The first-order chi connectivity index (χ1) is 8.08. The SMILES string of the molecule is CC1CN(C(=O)c2ccc(F)cc2Cl)CCO1. The Morgan fingerprint density at radius 1 is 1.59 bits per heavy atom. The molecule has 1 saturated heterocycles. The molecule has 1 aliphatic rings. The quantitative estimate of drug-likeness (QED) is 0.773. The summed E-state index contributed by atoms with van der Waals surface area (Å²) in [7, 11) is 0. The number of nitrogens with zero attached hydrogens (tertiary/aromatic N) is 1. The minimum absolute atomic E-state index is 0.0203. The Labute approximate surface area is 104 Å². The zero-order valence-electron chi connectivity index (χ0n) is 9.45. The molecule has 0 bridgehead atoms. The van der Waals surface area contributed by atoms with Gasteiger partial charge in [0.25, 0.3) is 5.91 Å². The number of hydrogen-bond donors (Lipinski definition) is 0. The number of carbonyl (C=O) groups is 1. The molecule has 0 N–H and O–H groups in total. The lowest BCUT2D eigenvalue weighted by Crippen LogP contribution is -2.44. The third-order valence-corrected chi connectivity index (χ3v) is 3.00. The van der Waals surface area contributed by atoms with E-state index in [-0.39, 0.29) is 17.0 Å². The van der Waals surface area contributed by atoms with Gasteiger partial charge in [-0.1, -0.05) is 11.6 Å². The third-order valence-electron chi connectivity index (χ3n) is 2.69. The van der Waals surface area contributed by atoms with Crippen molar-refractivity contribution in [2.24, 2.45) is 0 Å². The number of rotatable bonds is 1. The largest absolute Gasteiger partial charge is 0.375 e. The minimum Gasteiger partial charge on any atom is -0.375 e. The van der Waals surface area contributed by atoms with Crippen LogP contribution in [0.2, 0.25) is 5.02 Å². The molecular weight excluding hydrogens is 245 g/mol. The molecule has 1 heterocycles. The summed E-state index contributed by atoms with van der Waals surface area (Å²) in [5.41, 5.74) is 0.335. The molecule has 0 radical (unpaired) electrons. The zero-order chi connectivity index (χ0) is 12.4. The summed E-state index contributed by atoms with van der Waals surface area (Å²) < 4.78 is 18.2. The molecule has 0 spiro atoms. The van der Waals surface area contributed by atoms with Gasteiger partial charge in [0.15, 0.2) is 0 Å². The number of halogens is 2. The van der Waals surface area contributed by atoms with Gasteiger partial charge >= 0.3 is 0 Å². The molecule has 92 valence electrons. The number of ether oxygens (including phenoxy) is 1. The molecule has 1 aromatic rings. The van der Waals surface area contributed by atoms with E-state index in [1.807, 2.05) is 6.92 Å². The average Bonchev–Trinajstić information content (AvgIpc) is 2.28. The first-order valence-corrected chi connectivity index (χ1v) is 5.81. The van der Waals surface area contributed by atoms with Crippen molar-refractivity contribution in [3.63, 3.8) is 0 Å². The predicted octanol–water partition coefficient (Wildman–Crippen LogP) is 2.34. The van der Waals surface area contributed by atoms with E-state index in [1.54, 1.807) is 4.90 Å². The lowest BCUT2D eigenvalue weighted by Gasteiger charge is -2.31. The number of carbonyl (C=O) groups excluding carboxylic acids is 1. The average molecular weight is 258 g/mol. The summed E-state index contributed by atoms with van der Waals surface area (Å²) in [4.78, 5) is 13.8. The Morgan fingerprint density at radius 3 is 3.00 bits per heavy atom. The van der Waals surface area contributed by atoms with E-state index in [9.17, 15) is 9.18 Å². The van der Waals surface area contributed by atoms with E-state index in [4.69, 9.17) is 16.3 Å². The van der Waals surface area contributed by atoms with Crippen LogP contribution < -0.4 is 0 Å².